The number of benzene rings is 1. The molecule has 0 unspecified atom stereocenters. The standard InChI is InChI=1S/C19H24N4OS2/c1-4-5-11-17-14(2)20-18-21-19(22-23(18)15(17)3)25-12-13-26(24)16-9-7-6-8-10-16/h6-10H,4-5,11-13H2,1-3H3/t26-/m0/s1. The maximum Gasteiger partial charge on any atom is 0.253 e. The third kappa shape index (κ3) is 4.32. The molecule has 0 aliphatic heterocycles. The molecule has 138 valence electrons. The molecule has 3 rings (SSSR count). The minimum atomic E-state index is -0.989. The minimum absolute atomic E-state index is 0.581. The Morgan fingerprint density at radius 2 is 1.92 bits per heavy atom. The number of aryl methyl sites for hydroxylation is 2. The molecule has 0 spiro atoms. The minimum Gasteiger partial charge on any atom is -0.254 e. The van der Waals surface area contributed by atoms with Crippen LogP contribution < -0.4 is 0 Å². The van der Waals surface area contributed by atoms with Crippen LogP contribution in [0.25, 0.3) is 5.78 Å². The van der Waals surface area contributed by atoms with Gasteiger partial charge < -0.3 is 0 Å². The Balaban J connectivity index is 1.69. The zero-order valence-corrected chi connectivity index (χ0v) is 17.1. The highest BCUT2D eigenvalue weighted by molar-refractivity contribution is 8.00. The van der Waals surface area contributed by atoms with Gasteiger partial charge in [-0.05, 0) is 44.4 Å². The fraction of sp³-hybridized carbons (Fsp3) is 0.421. The van der Waals surface area contributed by atoms with E-state index < -0.39 is 10.8 Å². The molecule has 0 bridgehead atoms. The van der Waals surface area contributed by atoms with Crippen molar-refractivity contribution in [2.24, 2.45) is 0 Å². The molecule has 0 fully saturated rings. The second kappa shape index (κ2) is 8.77. The van der Waals surface area contributed by atoms with Crippen LogP contribution in [0.3, 0.4) is 0 Å². The van der Waals surface area contributed by atoms with E-state index in [2.05, 4.69) is 28.9 Å². The molecule has 0 aliphatic carbocycles. The lowest BCUT2D eigenvalue weighted by Crippen LogP contribution is -2.05. The molecule has 0 saturated carbocycles. The first kappa shape index (κ1) is 19.0. The van der Waals surface area contributed by atoms with Crippen molar-refractivity contribution in [1.82, 2.24) is 19.6 Å². The van der Waals surface area contributed by atoms with Gasteiger partial charge in [-0.2, -0.15) is 4.98 Å². The second-order valence-corrected chi connectivity index (χ2v) is 8.81. The Bertz CT molecular complexity index is 909. The molecule has 0 N–H and O–H groups in total. The normalized spacial score (nSPS) is 12.6. The highest BCUT2D eigenvalue weighted by Crippen LogP contribution is 2.20. The Labute approximate surface area is 161 Å². The molecule has 1 aromatic carbocycles. The highest BCUT2D eigenvalue weighted by atomic mass is 32.2. The van der Waals surface area contributed by atoms with E-state index in [1.54, 1.807) is 0 Å². The van der Waals surface area contributed by atoms with Gasteiger partial charge >= 0.3 is 0 Å². The lowest BCUT2D eigenvalue weighted by molar-refractivity contribution is 0.684. The lowest BCUT2D eigenvalue weighted by atomic mass is 10.1. The molecule has 0 radical (unpaired) electrons. The molecule has 7 heteroatoms. The van der Waals surface area contributed by atoms with E-state index in [1.807, 2.05) is 41.8 Å². The van der Waals surface area contributed by atoms with Gasteiger partial charge in [0.2, 0.25) is 5.16 Å². The third-order valence-electron chi connectivity index (χ3n) is 4.32. The summed E-state index contributed by atoms with van der Waals surface area (Å²) in [5.41, 5.74) is 3.43. The van der Waals surface area contributed by atoms with E-state index in [-0.39, 0.29) is 0 Å². The van der Waals surface area contributed by atoms with Gasteiger partial charge in [0.25, 0.3) is 5.78 Å². The van der Waals surface area contributed by atoms with Crippen LogP contribution in [0.1, 0.15) is 36.7 Å². The van der Waals surface area contributed by atoms with Crippen molar-refractivity contribution in [3.05, 3.63) is 47.3 Å². The number of nitrogens with zero attached hydrogens (tertiary/aromatic N) is 4. The summed E-state index contributed by atoms with van der Waals surface area (Å²) in [5, 5.41) is 5.29. The number of hydrogen-bond donors (Lipinski definition) is 0. The molecule has 0 amide bonds. The second-order valence-electron chi connectivity index (χ2n) is 6.18. The topological polar surface area (TPSA) is 60.2 Å². The molecular weight excluding hydrogens is 364 g/mol. The predicted molar refractivity (Wildman–Crippen MR) is 107 cm³/mol. The average Bonchev–Trinajstić information content (AvgIpc) is 3.05. The first-order valence-electron chi connectivity index (χ1n) is 8.89. The van der Waals surface area contributed by atoms with Crippen LogP contribution in [0.2, 0.25) is 0 Å². The first-order chi connectivity index (χ1) is 12.6. The van der Waals surface area contributed by atoms with Gasteiger partial charge in [-0.3, -0.25) is 4.21 Å². The summed E-state index contributed by atoms with van der Waals surface area (Å²) in [6.45, 7) is 6.32. The summed E-state index contributed by atoms with van der Waals surface area (Å²) in [4.78, 5) is 10.0. The van der Waals surface area contributed by atoms with Crippen molar-refractivity contribution in [3.8, 4) is 0 Å². The van der Waals surface area contributed by atoms with Gasteiger partial charge in [-0.1, -0.05) is 43.3 Å². The zero-order chi connectivity index (χ0) is 18.5. The van der Waals surface area contributed by atoms with Crippen molar-refractivity contribution in [2.75, 3.05) is 11.5 Å². The van der Waals surface area contributed by atoms with Gasteiger partial charge in [0, 0.05) is 27.8 Å². The molecule has 1 atom stereocenters. The van der Waals surface area contributed by atoms with Crippen molar-refractivity contribution in [3.63, 3.8) is 0 Å². The van der Waals surface area contributed by atoms with Gasteiger partial charge in [0.1, 0.15) is 0 Å². The van der Waals surface area contributed by atoms with E-state index in [4.69, 9.17) is 0 Å². The van der Waals surface area contributed by atoms with Crippen LogP contribution >= 0.6 is 11.8 Å². The Morgan fingerprint density at radius 3 is 2.65 bits per heavy atom. The SMILES string of the molecule is CCCCc1c(C)nc2nc(SCC[S@](=O)c3ccccc3)nn2c1C. The van der Waals surface area contributed by atoms with E-state index >= 15 is 0 Å². The largest absolute Gasteiger partial charge is 0.254 e. The number of aromatic nitrogens is 4. The van der Waals surface area contributed by atoms with Crippen LogP contribution in [0.15, 0.2) is 40.4 Å². The van der Waals surface area contributed by atoms with E-state index in [1.165, 1.54) is 17.3 Å². The van der Waals surface area contributed by atoms with Gasteiger partial charge in [0.05, 0.1) is 10.8 Å². The average molecular weight is 389 g/mol. The highest BCUT2D eigenvalue weighted by Gasteiger charge is 2.14. The monoisotopic (exact) mass is 388 g/mol. The number of thioether (sulfide) groups is 1. The Kier molecular flexibility index (Phi) is 6.43. The number of hydrogen-bond acceptors (Lipinski definition) is 5. The van der Waals surface area contributed by atoms with Gasteiger partial charge in [0.15, 0.2) is 0 Å². The summed E-state index contributed by atoms with van der Waals surface area (Å²) >= 11 is 1.53. The van der Waals surface area contributed by atoms with Crippen LogP contribution in [-0.2, 0) is 17.2 Å². The molecule has 2 aromatic heterocycles. The van der Waals surface area contributed by atoms with Gasteiger partial charge in [-0.15, -0.1) is 5.10 Å². The predicted octanol–water partition coefficient (Wildman–Crippen LogP) is 3.98. The maximum atomic E-state index is 12.3. The fourth-order valence-corrected chi connectivity index (χ4v) is 4.97. The third-order valence-corrected chi connectivity index (χ3v) is 6.79. The van der Waals surface area contributed by atoms with E-state index in [0.717, 1.165) is 35.5 Å². The van der Waals surface area contributed by atoms with E-state index in [0.29, 0.717) is 22.4 Å². The molecule has 5 nitrogen and oxygen atoms in total. The Morgan fingerprint density at radius 1 is 1.15 bits per heavy atom. The molecule has 2 heterocycles. The molecule has 26 heavy (non-hydrogen) atoms. The smallest absolute Gasteiger partial charge is 0.253 e. The maximum absolute atomic E-state index is 12.3. The fourth-order valence-electron chi connectivity index (χ4n) is 2.87. The van der Waals surface area contributed by atoms with Crippen LogP contribution in [-0.4, -0.2) is 35.3 Å². The summed E-state index contributed by atoms with van der Waals surface area (Å²) in [6, 6.07) is 9.56. The molecule has 3 aromatic rings. The lowest BCUT2D eigenvalue weighted by Gasteiger charge is -2.09. The molecular formula is C19H24N4OS2. The van der Waals surface area contributed by atoms with Crippen molar-refractivity contribution in [1.29, 1.82) is 0 Å². The molecule has 0 aliphatic rings. The van der Waals surface area contributed by atoms with Crippen molar-refractivity contribution >= 4 is 28.3 Å². The Hall–Kier alpha value is -1.73. The first-order valence-corrected chi connectivity index (χ1v) is 11.2. The zero-order valence-electron chi connectivity index (χ0n) is 15.4. The number of rotatable bonds is 8. The summed E-state index contributed by atoms with van der Waals surface area (Å²) in [7, 11) is -0.989. The number of unbranched alkanes of at least 4 members (excludes halogenated alkanes) is 1. The van der Waals surface area contributed by atoms with Crippen LogP contribution in [0.4, 0.5) is 0 Å². The summed E-state index contributed by atoms with van der Waals surface area (Å²) in [6.07, 6.45) is 3.33. The van der Waals surface area contributed by atoms with Crippen LogP contribution in [0, 0.1) is 13.8 Å². The van der Waals surface area contributed by atoms with Crippen LogP contribution in [0.5, 0.6) is 0 Å². The number of fused-ring (bicyclic) bond motifs is 1. The summed E-state index contributed by atoms with van der Waals surface area (Å²) < 4.78 is 14.1. The summed E-state index contributed by atoms with van der Waals surface area (Å²) in [5.74, 6) is 1.93. The quantitative estimate of drug-likeness (QED) is 0.546. The van der Waals surface area contributed by atoms with E-state index in [9.17, 15) is 4.21 Å². The van der Waals surface area contributed by atoms with Crippen molar-refractivity contribution < 1.29 is 4.21 Å². The van der Waals surface area contributed by atoms with Crippen molar-refractivity contribution in [2.45, 2.75) is 50.1 Å². The molecule has 0 saturated heterocycles. The van der Waals surface area contributed by atoms with Gasteiger partial charge in [-0.25, -0.2) is 9.50 Å².